The summed E-state index contributed by atoms with van der Waals surface area (Å²) in [6.45, 7) is 9.59. The number of aryl methyl sites for hydroxylation is 1. The topological polar surface area (TPSA) is 170 Å². The van der Waals surface area contributed by atoms with Gasteiger partial charge in [0.25, 0.3) is 5.69 Å². The summed E-state index contributed by atoms with van der Waals surface area (Å²) in [6, 6.07) is 59.0. The fourth-order valence-corrected chi connectivity index (χ4v) is 10.3. The van der Waals surface area contributed by atoms with Crippen molar-refractivity contribution in [2.75, 3.05) is 18.6 Å². The SMILES string of the molecule is CCCc1nc(CSc2cccc(Oc3ccc([N+](=O)[O-])c(N(C)C(=O)OC(C)(C)C)c3)c2)c(C(=O)OCC)n1Cc1ccc(-c2ccccc2-c2nnnn2C(c2ccccc2)(c2ccccc2)c2ccccc2)cc1. The van der Waals surface area contributed by atoms with E-state index >= 15 is 0 Å². The lowest BCUT2D eigenvalue weighted by Crippen LogP contribution is -2.39. The number of ether oxygens (including phenoxy) is 3. The Bertz CT molecular complexity index is 3410. The van der Waals surface area contributed by atoms with Gasteiger partial charge in [0.2, 0.25) is 0 Å². The van der Waals surface area contributed by atoms with Crippen molar-refractivity contribution < 1.29 is 28.7 Å². The average Bonchev–Trinajstić information content (AvgIpc) is 4.11. The molecule has 390 valence electrons. The van der Waals surface area contributed by atoms with Gasteiger partial charge in [-0.1, -0.05) is 153 Å². The Morgan fingerprint density at radius 2 is 1.34 bits per heavy atom. The molecular weight excluding hydrogens is 989 g/mol. The van der Waals surface area contributed by atoms with Gasteiger partial charge in [-0.2, -0.15) is 0 Å². The van der Waals surface area contributed by atoms with Crippen LogP contribution >= 0.6 is 11.8 Å². The van der Waals surface area contributed by atoms with E-state index in [0.29, 0.717) is 41.7 Å². The van der Waals surface area contributed by atoms with Crippen molar-refractivity contribution in [2.45, 2.75) is 75.8 Å². The van der Waals surface area contributed by atoms with E-state index in [1.54, 1.807) is 33.8 Å². The van der Waals surface area contributed by atoms with Crippen LogP contribution in [0.5, 0.6) is 11.5 Å². The molecule has 9 rings (SSSR count). The van der Waals surface area contributed by atoms with Crippen molar-refractivity contribution in [1.29, 1.82) is 0 Å². The highest BCUT2D eigenvalue weighted by molar-refractivity contribution is 7.98. The number of imidazole rings is 1. The lowest BCUT2D eigenvalue weighted by Gasteiger charge is -2.36. The molecule has 0 fully saturated rings. The van der Waals surface area contributed by atoms with E-state index in [1.165, 1.54) is 37.0 Å². The maximum atomic E-state index is 14.0. The van der Waals surface area contributed by atoms with E-state index in [0.717, 1.165) is 61.0 Å². The minimum atomic E-state index is -0.931. The first kappa shape index (κ1) is 53.0. The molecule has 0 spiro atoms. The maximum absolute atomic E-state index is 14.0. The number of hydrogen-bond acceptors (Lipinski definition) is 12. The first-order valence-corrected chi connectivity index (χ1v) is 26.3. The van der Waals surface area contributed by atoms with Gasteiger partial charge < -0.3 is 18.8 Å². The minimum Gasteiger partial charge on any atom is -0.461 e. The van der Waals surface area contributed by atoms with Crippen molar-refractivity contribution >= 4 is 35.2 Å². The van der Waals surface area contributed by atoms with Gasteiger partial charge in [-0.3, -0.25) is 15.0 Å². The number of thioether (sulfide) groups is 1. The Kier molecular flexibility index (Phi) is 16.0. The van der Waals surface area contributed by atoms with Crippen LogP contribution in [-0.4, -0.2) is 66.0 Å². The van der Waals surface area contributed by atoms with Crippen LogP contribution in [-0.2, 0) is 33.7 Å². The molecule has 9 aromatic rings. The number of rotatable bonds is 19. The van der Waals surface area contributed by atoms with E-state index < -0.39 is 28.1 Å². The highest BCUT2D eigenvalue weighted by atomic mass is 32.2. The van der Waals surface area contributed by atoms with E-state index in [1.807, 2.05) is 94.2 Å². The van der Waals surface area contributed by atoms with Crippen LogP contribution in [0.25, 0.3) is 22.5 Å². The van der Waals surface area contributed by atoms with Crippen LogP contribution in [0.15, 0.2) is 187 Å². The molecule has 16 heteroatoms. The number of amides is 1. The summed E-state index contributed by atoms with van der Waals surface area (Å²) in [5, 5.41) is 25.9. The van der Waals surface area contributed by atoms with Crippen LogP contribution in [0.4, 0.5) is 16.2 Å². The van der Waals surface area contributed by atoms with Crippen LogP contribution in [0, 0.1) is 10.1 Å². The van der Waals surface area contributed by atoms with Crippen molar-refractivity contribution in [3.8, 4) is 34.0 Å². The molecule has 0 radical (unpaired) electrons. The molecule has 0 aliphatic heterocycles. The Morgan fingerprint density at radius 1 is 0.727 bits per heavy atom. The highest BCUT2D eigenvalue weighted by Crippen LogP contribution is 2.44. The summed E-state index contributed by atoms with van der Waals surface area (Å²) < 4.78 is 21.3. The summed E-state index contributed by atoms with van der Waals surface area (Å²) >= 11 is 1.48. The molecule has 0 N–H and O–H groups in total. The fraction of sp³-hybridized carbons (Fsp3) is 0.213. The molecule has 0 saturated heterocycles. The largest absolute Gasteiger partial charge is 0.461 e. The van der Waals surface area contributed by atoms with Gasteiger partial charge in [0, 0.05) is 48.4 Å². The third kappa shape index (κ3) is 11.5. The number of esters is 1. The zero-order chi connectivity index (χ0) is 54.1. The second-order valence-electron chi connectivity index (χ2n) is 19.2. The number of anilines is 1. The van der Waals surface area contributed by atoms with Gasteiger partial charge in [-0.15, -0.1) is 16.9 Å². The maximum Gasteiger partial charge on any atom is 0.414 e. The Labute approximate surface area is 451 Å². The summed E-state index contributed by atoms with van der Waals surface area (Å²) in [5.41, 5.74) is 5.70. The number of nitro benzene ring substituents is 1. The summed E-state index contributed by atoms with van der Waals surface area (Å²) in [7, 11) is 1.41. The molecule has 2 aromatic heterocycles. The third-order valence-corrected chi connectivity index (χ3v) is 13.8. The molecule has 0 aliphatic carbocycles. The second-order valence-corrected chi connectivity index (χ2v) is 20.2. The van der Waals surface area contributed by atoms with E-state index in [-0.39, 0.29) is 23.7 Å². The Morgan fingerprint density at radius 3 is 1.94 bits per heavy atom. The number of carbonyl (C=O) groups excluding carboxylic acids is 2. The van der Waals surface area contributed by atoms with E-state index in [9.17, 15) is 19.7 Å². The average molecular weight is 1050 g/mol. The van der Waals surface area contributed by atoms with Gasteiger partial charge in [0.15, 0.2) is 11.5 Å². The molecular formula is C61H58N8O7S. The molecule has 0 aliphatic rings. The fourth-order valence-electron chi connectivity index (χ4n) is 9.39. The molecule has 0 atom stereocenters. The zero-order valence-corrected chi connectivity index (χ0v) is 44.5. The lowest BCUT2D eigenvalue weighted by atomic mass is 9.77. The zero-order valence-electron chi connectivity index (χ0n) is 43.7. The third-order valence-electron chi connectivity index (χ3n) is 12.8. The summed E-state index contributed by atoms with van der Waals surface area (Å²) in [5.74, 6) is 1.99. The first-order chi connectivity index (χ1) is 37.3. The number of nitrogens with zero attached hydrogens (tertiary/aromatic N) is 8. The first-order valence-electron chi connectivity index (χ1n) is 25.3. The van der Waals surface area contributed by atoms with Crippen molar-refractivity contribution in [1.82, 2.24) is 29.8 Å². The van der Waals surface area contributed by atoms with Crippen molar-refractivity contribution in [2.24, 2.45) is 0 Å². The van der Waals surface area contributed by atoms with Crippen LogP contribution in [0.2, 0.25) is 0 Å². The van der Waals surface area contributed by atoms with Crippen LogP contribution < -0.4 is 9.64 Å². The minimum absolute atomic E-state index is 0.0162. The predicted molar refractivity (Wildman–Crippen MR) is 298 cm³/mol. The van der Waals surface area contributed by atoms with Crippen LogP contribution in [0.1, 0.15) is 85.3 Å². The van der Waals surface area contributed by atoms with Gasteiger partial charge in [-0.05, 0) is 102 Å². The molecule has 0 unspecified atom stereocenters. The number of tetrazole rings is 1. The normalized spacial score (nSPS) is 11.5. The van der Waals surface area contributed by atoms with Gasteiger partial charge in [-0.25, -0.2) is 19.3 Å². The summed E-state index contributed by atoms with van der Waals surface area (Å²) in [4.78, 5) is 45.3. The molecule has 1 amide bonds. The van der Waals surface area contributed by atoms with Gasteiger partial charge >= 0.3 is 12.1 Å². The Balaban J connectivity index is 0.996. The van der Waals surface area contributed by atoms with Crippen molar-refractivity contribution in [3.63, 3.8) is 0 Å². The molecule has 15 nitrogen and oxygen atoms in total. The molecule has 0 bridgehead atoms. The van der Waals surface area contributed by atoms with Crippen LogP contribution in [0.3, 0.4) is 0 Å². The monoisotopic (exact) mass is 1050 g/mol. The highest BCUT2D eigenvalue weighted by Gasteiger charge is 2.42. The molecule has 7 aromatic carbocycles. The number of benzene rings is 7. The van der Waals surface area contributed by atoms with E-state index in [4.69, 9.17) is 29.5 Å². The van der Waals surface area contributed by atoms with Gasteiger partial charge in [0.05, 0.1) is 17.2 Å². The lowest BCUT2D eigenvalue weighted by molar-refractivity contribution is -0.384. The van der Waals surface area contributed by atoms with Crippen molar-refractivity contribution in [3.05, 3.63) is 232 Å². The number of aromatic nitrogens is 6. The molecule has 0 saturated carbocycles. The number of carbonyl (C=O) groups is 2. The number of nitro groups is 1. The van der Waals surface area contributed by atoms with Gasteiger partial charge in [0.1, 0.15) is 34.2 Å². The standard InChI is InChI=1S/C61H58N8O7S/c1-7-21-55-62-52(41-77-49-29-20-28-47(38-49)75-48-36-37-53(69(72)73)54(39-48)66(6)59(71)76-60(3,4)5)56(58(70)74-8-2)67(55)40-42-32-34-43(35-33-42)50-30-18-19-31-51(50)57-63-64-65-68(57)61(44-22-12-9-13-23-44,45-24-14-10-15-25-45)46-26-16-11-17-27-46/h9-20,22-39H,7-8,21,40-41H2,1-6H3. The predicted octanol–water partition coefficient (Wildman–Crippen LogP) is 13.6. The van der Waals surface area contributed by atoms with E-state index in [2.05, 4.69) is 84.9 Å². The number of hydrogen-bond donors (Lipinski definition) is 0. The molecule has 2 heterocycles. The molecule has 77 heavy (non-hydrogen) atoms. The smallest absolute Gasteiger partial charge is 0.414 e. The Hall–Kier alpha value is -8.89. The quantitative estimate of drug-likeness (QED) is 0.0247. The summed E-state index contributed by atoms with van der Waals surface area (Å²) in [6.07, 6.45) is 0.694. The second kappa shape index (κ2) is 23.3.